The highest BCUT2D eigenvalue weighted by molar-refractivity contribution is 7.60. The first-order valence-electron chi connectivity index (χ1n) is 3.45. The largest absolute Gasteiger partial charge is 0.497 e. The van der Waals surface area contributed by atoms with Gasteiger partial charge in [-0.1, -0.05) is 0 Å². The topological polar surface area (TPSA) is 92.8 Å². The molecule has 4 N–H and O–H groups in total. The normalized spacial score (nSPS) is 11.3. The molecule has 0 atom stereocenters. The summed E-state index contributed by atoms with van der Waals surface area (Å²) in [6.07, 6.45) is 0. The van der Waals surface area contributed by atoms with E-state index in [4.69, 9.17) is 20.3 Å². The van der Waals surface area contributed by atoms with Crippen molar-refractivity contribution >= 4 is 18.6 Å². The van der Waals surface area contributed by atoms with Gasteiger partial charge in [-0.05, 0) is 12.1 Å². The van der Waals surface area contributed by atoms with Gasteiger partial charge in [-0.25, -0.2) is 0 Å². The van der Waals surface area contributed by atoms with Crippen molar-refractivity contribution in [1.82, 2.24) is 0 Å². The number of nitrogen functional groups attached to an aromatic ring is 1. The van der Waals surface area contributed by atoms with Crippen LogP contribution < -0.4 is 15.8 Å². The molecule has 0 bridgehead atoms. The Labute approximate surface area is 75.3 Å². The second-order valence-electron chi connectivity index (χ2n) is 2.47. The number of anilines is 1. The summed E-state index contributed by atoms with van der Waals surface area (Å²) in [5.74, 6) is 0.467. The van der Waals surface area contributed by atoms with Gasteiger partial charge in [0.1, 0.15) is 5.75 Å². The molecule has 1 aromatic carbocycles. The van der Waals surface area contributed by atoms with Crippen LogP contribution in [0.4, 0.5) is 5.69 Å². The second kappa shape index (κ2) is 3.38. The van der Waals surface area contributed by atoms with Crippen molar-refractivity contribution in [3.8, 4) is 5.75 Å². The third-order valence-electron chi connectivity index (χ3n) is 1.55. The summed E-state index contributed by atoms with van der Waals surface area (Å²) in [5.41, 5.74) is 5.45. The van der Waals surface area contributed by atoms with Gasteiger partial charge >= 0.3 is 7.60 Å². The monoisotopic (exact) mass is 203 g/mol. The number of benzene rings is 1. The molecule has 0 spiro atoms. The van der Waals surface area contributed by atoms with Crippen molar-refractivity contribution in [3.63, 3.8) is 0 Å². The van der Waals surface area contributed by atoms with Crippen LogP contribution in [0.1, 0.15) is 0 Å². The highest BCUT2D eigenvalue weighted by atomic mass is 31.2. The van der Waals surface area contributed by atoms with Gasteiger partial charge in [0, 0.05) is 6.07 Å². The van der Waals surface area contributed by atoms with Crippen LogP contribution in [-0.2, 0) is 4.57 Å². The zero-order chi connectivity index (χ0) is 10.1. The van der Waals surface area contributed by atoms with Crippen LogP contribution in [-0.4, -0.2) is 16.9 Å². The molecule has 0 aromatic heterocycles. The van der Waals surface area contributed by atoms with Gasteiger partial charge < -0.3 is 20.3 Å². The zero-order valence-corrected chi connectivity index (χ0v) is 7.86. The minimum Gasteiger partial charge on any atom is -0.497 e. The second-order valence-corrected chi connectivity index (χ2v) is 4.04. The van der Waals surface area contributed by atoms with Crippen LogP contribution >= 0.6 is 7.60 Å². The maximum absolute atomic E-state index is 10.8. The molecule has 0 aliphatic heterocycles. The van der Waals surface area contributed by atoms with Crippen molar-refractivity contribution in [1.29, 1.82) is 0 Å². The average molecular weight is 203 g/mol. The van der Waals surface area contributed by atoms with Crippen LogP contribution in [0.15, 0.2) is 18.2 Å². The van der Waals surface area contributed by atoms with Gasteiger partial charge in [0.05, 0.1) is 18.1 Å². The smallest absolute Gasteiger partial charge is 0.358 e. The molecule has 0 aliphatic rings. The fourth-order valence-electron chi connectivity index (χ4n) is 0.925. The molecule has 0 aliphatic carbocycles. The zero-order valence-electron chi connectivity index (χ0n) is 6.97. The van der Waals surface area contributed by atoms with E-state index < -0.39 is 7.60 Å². The first-order chi connectivity index (χ1) is 5.95. The summed E-state index contributed by atoms with van der Waals surface area (Å²) in [7, 11) is -2.82. The summed E-state index contributed by atoms with van der Waals surface area (Å²) in [5, 5.41) is -0.173. The summed E-state index contributed by atoms with van der Waals surface area (Å²) in [6, 6.07) is 4.08. The van der Waals surface area contributed by atoms with E-state index in [9.17, 15) is 4.57 Å². The molecule has 0 radical (unpaired) electrons. The van der Waals surface area contributed by atoms with Crippen LogP contribution in [0, 0.1) is 0 Å². The number of ether oxygens (including phenoxy) is 1. The molecule has 1 rings (SSSR count). The van der Waals surface area contributed by atoms with Crippen LogP contribution in [0.3, 0.4) is 0 Å². The Balaban J connectivity index is 3.21. The molecule has 0 heterocycles. The van der Waals surface area contributed by atoms with Crippen molar-refractivity contribution < 1.29 is 19.1 Å². The lowest BCUT2D eigenvalue weighted by Crippen LogP contribution is -2.10. The van der Waals surface area contributed by atoms with Gasteiger partial charge in [0.15, 0.2) is 0 Å². The van der Waals surface area contributed by atoms with Crippen molar-refractivity contribution in [2.24, 2.45) is 0 Å². The van der Waals surface area contributed by atoms with Gasteiger partial charge in [-0.2, -0.15) is 0 Å². The maximum Gasteiger partial charge on any atom is 0.358 e. The fraction of sp³-hybridized carbons (Fsp3) is 0.143. The summed E-state index contributed by atoms with van der Waals surface area (Å²) < 4.78 is 15.7. The third kappa shape index (κ3) is 2.21. The Morgan fingerprint density at radius 3 is 2.46 bits per heavy atom. The molecule has 13 heavy (non-hydrogen) atoms. The van der Waals surface area contributed by atoms with Gasteiger partial charge in [-0.15, -0.1) is 0 Å². The molecule has 0 amide bonds. The molecular weight excluding hydrogens is 193 g/mol. The first kappa shape index (κ1) is 10.1. The molecule has 0 fully saturated rings. The van der Waals surface area contributed by atoms with E-state index in [1.807, 2.05) is 0 Å². The van der Waals surface area contributed by atoms with E-state index >= 15 is 0 Å². The van der Waals surface area contributed by atoms with Crippen LogP contribution in [0.25, 0.3) is 0 Å². The highest BCUT2D eigenvalue weighted by Gasteiger charge is 2.20. The predicted octanol–water partition coefficient (Wildman–Crippen LogP) is 0.0804. The Morgan fingerprint density at radius 2 is 2.08 bits per heavy atom. The molecule has 0 unspecified atom stereocenters. The Bertz CT molecular complexity index is 360. The van der Waals surface area contributed by atoms with Crippen LogP contribution in [0.5, 0.6) is 5.75 Å². The number of hydrogen-bond acceptors (Lipinski definition) is 3. The van der Waals surface area contributed by atoms with E-state index in [0.717, 1.165) is 0 Å². The maximum atomic E-state index is 10.8. The lowest BCUT2D eigenvalue weighted by atomic mass is 10.3. The van der Waals surface area contributed by atoms with E-state index in [1.165, 1.54) is 25.3 Å². The molecule has 5 nitrogen and oxygen atoms in total. The van der Waals surface area contributed by atoms with E-state index in [2.05, 4.69) is 0 Å². The van der Waals surface area contributed by atoms with Gasteiger partial charge in [0.25, 0.3) is 0 Å². The number of methoxy groups -OCH3 is 1. The number of rotatable bonds is 2. The molecule has 1 aromatic rings. The lowest BCUT2D eigenvalue weighted by Gasteiger charge is -2.08. The van der Waals surface area contributed by atoms with Gasteiger partial charge in [0.2, 0.25) is 0 Å². The summed E-state index contributed by atoms with van der Waals surface area (Å²) >= 11 is 0. The first-order valence-corrected chi connectivity index (χ1v) is 5.06. The third-order valence-corrected chi connectivity index (χ3v) is 2.58. The minimum atomic E-state index is -4.27. The van der Waals surface area contributed by atoms with Crippen molar-refractivity contribution in [3.05, 3.63) is 18.2 Å². The Morgan fingerprint density at radius 1 is 1.46 bits per heavy atom. The quantitative estimate of drug-likeness (QED) is 0.467. The lowest BCUT2D eigenvalue weighted by molar-refractivity contribution is 0.387. The Hall–Kier alpha value is -1.03. The predicted molar refractivity (Wildman–Crippen MR) is 49.1 cm³/mol. The molecule has 72 valence electrons. The Kier molecular flexibility index (Phi) is 2.61. The van der Waals surface area contributed by atoms with E-state index in [-0.39, 0.29) is 11.0 Å². The molecular formula is C7H10NO4P. The van der Waals surface area contributed by atoms with Crippen molar-refractivity contribution in [2.45, 2.75) is 0 Å². The standard InChI is InChI=1S/C7H10NO4P/c1-12-5-2-3-7(6(8)4-5)13(9,10)11/h2-4H,8H2,1H3,(H2,9,10,11). The summed E-state index contributed by atoms with van der Waals surface area (Å²) in [4.78, 5) is 17.6. The fourth-order valence-corrected chi connectivity index (χ4v) is 1.59. The molecule has 0 saturated carbocycles. The van der Waals surface area contributed by atoms with E-state index in [0.29, 0.717) is 5.75 Å². The summed E-state index contributed by atoms with van der Waals surface area (Å²) in [6.45, 7) is 0. The molecule has 6 heteroatoms. The number of hydrogen-bond donors (Lipinski definition) is 3. The highest BCUT2D eigenvalue weighted by Crippen LogP contribution is 2.36. The van der Waals surface area contributed by atoms with Gasteiger partial charge in [-0.3, -0.25) is 4.57 Å². The van der Waals surface area contributed by atoms with Crippen LogP contribution in [0.2, 0.25) is 0 Å². The van der Waals surface area contributed by atoms with Crippen molar-refractivity contribution in [2.75, 3.05) is 12.8 Å². The molecule has 0 saturated heterocycles. The van der Waals surface area contributed by atoms with E-state index in [1.54, 1.807) is 0 Å². The number of nitrogens with two attached hydrogens (primary N) is 1. The minimum absolute atomic E-state index is 0.0349. The average Bonchev–Trinajstić information content (AvgIpc) is 2.01. The SMILES string of the molecule is COc1ccc(P(=O)(O)O)c(N)c1.